The molecule has 136 valence electrons. The molecule has 1 aliphatic rings. The topological polar surface area (TPSA) is 81.1 Å². The van der Waals surface area contributed by atoms with E-state index in [0.717, 1.165) is 11.1 Å². The monoisotopic (exact) mass is 354 g/mol. The average Bonchev–Trinajstić information content (AvgIpc) is 2.64. The van der Waals surface area contributed by atoms with Gasteiger partial charge in [0, 0.05) is 26.2 Å². The van der Waals surface area contributed by atoms with E-state index in [1.165, 1.54) is 0 Å². The van der Waals surface area contributed by atoms with Crippen LogP contribution >= 0.6 is 0 Å². The molecule has 2 atom stereocenters. The predicted molar refractivity (Wildman–Crippen MR) is 96.6 cm³/mol. The molecule has 6 heteroatoms. The maximum atomic E-state index is 11.9. The molecule has 6 nitrogen and oxygen atoms in total. The van der Waals surface area contributed by atoms with E-state index in [2.05, 4.69) is 0 Å². The lowest BCUT2D eigenvalue weighted by atomic mass is 9.99. The van der Waals surface area contributed by atoms with Gasteiger partial charge in [-0.2, -0.15) is 0 Å². The molecule has 1 fully saturated rings. The summed E-state index contributed by atoms with van der Waals surface area (Å²) in [5.41, 5.74) is 1.94. The van der Waals surface area contributed by atoms with Crippen molar-refractivity contribution >= 4 is 11.9 Å². The first kappa shape index (κ1) is 18.1. The summed E-state index contributed by atoms with van der Waals surface area (Å²) >= 11 is 0. The lowest BCUT2D eigenvalue weighted by molar-refractivity contribution is -0.162. The van der Waals surface area contributed by atoms with Crippen molar-refractivity contribution in [3.63, 3.8) is 0 Å². The Morgan fingerprint density at radius 1 is 0.731 bits per heavy atom. The van der Waals surface area contributed by atoms with Gasteiger partial charge in [-0.1, -0.05) is 60.7 Å². The van der Waals surface area contributed by atoms with Gasteiger partial charge in [-0.05, 0) is 11.1 Å². The Hall–Kier alpha value is -2.70. The van der Waals surface area contributed by atoms with E-state index < -0.39 is 24.0 Å². The van der Waals surface area contributed by atoms with Gasteiger partial charge >= 0.3 is 11.9 Å². The fourth-order valence-electron chi connectivity index (χ4n) is 3.51. The molecule has 0 radical (unpaired) electrons. The fourth-order valence-corrected chi connectivity index (χ4v) is 3.51. The lowest BCUT2D eigenvalue weighted by Crippen LogP contribution is -2.64. The highest BCUT2D eigenvalue weighted by atomic mass is 16.4. The minimum atomic E-state index is -1.11. The number of carboxylic acids is 2. The molecule has 0 spiro atoms. The summed E-state index contributed by atoms with van der Waals surface area (Å²) in [4.78, 5) is 27.4. The Balaban J connectivity index is 1.83. The molecule has 26 heavy (non-hydrogen) atoms. The number of aliphatic carboxylic acids is 2. The number of carboxylic acid groups (broad SMARTS) is 2. The van der Waals surface area contributed by atoms with Crippen LogP contribution in [-0.4, -0.2) is 57.1 Å². The Morgan fingerprint density at radius 2 is 1.08 bits per heavy atom. The van der Waals surface area contributed by atoms with Crippen molar-refractivity contribution in [2.24, 2.45) is 0 Å². The summed E-state index contributed by atoms with van der Waals surface area (Å²) in [6.07, 6.45) is 0. The van der Waals surface area contributed by atoms with Crippen LogP contribution in [0.25, 0.3) is 0 Å². The summed E-state index contributed by atoms with van der Waals surface area (Å²) in [5.74, 6) is -2.21. The fraction of sp³-hybridized carbons (Fsp3) is 0.300. The number of piperazine rings is 1. The van der Waals surface area contributed by atoms with Crippen molar-refractivity contribution in [3.05, 3.63) is 71.8 Å². The zero-order valence-electron chi connectivity index (χ0n) is 14.4. The molecule has 1 aliphatic heterocycles. The van der Waals surface area contributed by atoms with Gasteiger partial charge in [0.25, 0.3) is 0 Å². The van der Waals surface area contributed by atoms with Crippen molar-refractivity contribution in [1.82, 2.24) is 9.80 Å². The summed E-state index contributed by atoms with van der Waals surface area (Å²) in [7, 11) is 0. The maximum Gasteiger partial charge on any atom is 0.323 e. The first-order valence-electron chi connectivity index (χ1n) is 8.58. The van der Waals surface area contributed by atoms with Crippen molar-refractivity contribution in [1.29, 1.82) is 0 Å². The molecule has 1 heterocycles. The second-order valence-electron chi connectivity index (χ2n) is 6.48. The lowest BCUT2D eigenvalue weighted by Gasteiger charge is -2.43. The third kappa shape index (κ3) is 4.09. The number of hydrogen-bond donors (Lipinski definition) is 2. The van der Waals surface area contributed by atoms with Gasteiger partial charge in [-0.3, -0.25) is 19.4 Å². The van der Waals surface area contributed by atoms with Crippen LogP contribution in [0, 0.1) is 0 Å². The number of carbonyl (C=O) groups is 2. The van der Waals surface area contributed by atoms with Gasteiger partial charge in [-0.15, -0.1) is 0 Å². The second kappa shape index (κ2) is 8.12. The molecule has 3 rings (SSSR count). The van der Waals surface area contributed by atoms with Crippen LogP contribution < -0.4 is 0 Å². The predicted octanol–water partition coefficient (Wildman–Crippen LogP) is 1.91. The van der Waals surface area contributed by atoms with Crippen LogP contribution in [0.3, 0.4) is 0 Å². The SMILES string of the molecule is O=C(O)C1C(C(=O)O)N(Cc2ccccc2)CCN1Cc1ccccc1. The van der Waals surface area contributed by atoms with E-state index in [1.54, 1.807) is 9.80 Å². The first-order chi connectivity index (χ1) is 12.6. The zero-order chi connectivity index (χ0) is 18.5. The molecule has 2 aromatic carbocycles. The molecule has 2 unspecified atom stereocenters. The molecule has 1 saturated heterocycles. The Morgan fingerprint density at radius 3 is 1.38 bits per heavy atom. The van der Waals surface area contributed by atoms with Crippen LogP contribution in [0.1, 0.15) is 11.1 Å². The Kier molecular flexibility index (Phi) is 5.65. The van der Waals surface area contributed by atoms with Crippen LogP contribution in [0.15, 0.2) is 60.7 Å². The van der Waals surface area contributed by atoms with Crippen LogP contribution in [0.5, 0.6) is 0 Å². The van der Waals surface area contributed by atoms with Gasteiger partial charge in [-0.25, -0.2) is 0 Å². The zero-order valence-corrected chi connectivity index (χ0v) is 14.4. The van der Waals surface area contributed by atoms with Crippen LogP contribution in [-0.2, 0) is 22.7 Å². The number of rotatable bonds is 6. The quantitative estimate of drug-likeness (QED) is 0.825. The first-order valence-corrected chi connectivity index (χ1v) is 8.58. The molecule has 0 amide bonds. The standard InChI is InChI=1S/C20H22N2O4/c23-19(24)17-18(20(25)26)22(14-16-9-5-2-6-10-16)12-11-21(17)13-15-7-3-1-4-8-15/h1-10,17-18H,11-14H2,(H,23,24)(H,25,26). The van der Waals surface area contributed by atoms with Gasteiger partial charge < -0.3 is 10.2 Å². The Bertz CT molecular complexity index is 685. The molecule has 0 aromatic heterocycles. The van der Waals surface area contributed by atoms with E-state index in [4.69, 9.17) is 0 Å². The number of benzene rings is 2. The third-order valence-electron chi connectivity index (χ3n) is 4.72. The van der Waals surface area contributed by atoms with Crippen molar-refractivity contribution in [2.45, 2.75) is 25.2 Å². The average molecular weight is 354 g/mol. The van der Waals surface area contributed by atoms with E-state index in [9.17, 15) is 19.8 Å². The van der Waals surface area contributed by atoms with Gasteiger partial charge in [0.2, 0.25) is 0 Å². The van der Waals surface area contributed by atoms with E-state index in [-0.39, 0.29) is 0 Å². The molecule has 0 saturated carbocycles. The summed E-state index contributed by atoms with van der Waals surface area (Å²) in [6, 6.07) is 16.9. The molecule has 2 aromatic rings. The number of hydrogen-bond acceptors (Lipinski definition) is 4. The van der Waals surface area contributed by atoms with Crippen molar-refractivity contribution < 1.29 is 19.8 Å². The molecular formula is C20H22N2O4. The highest BCUT2D eigenvalue weighted by Crippen LogP contribution is 2.23. The van der Waals surface area contributed by atoms with Gasteiger partial charge in [0.1, 0.15) is 12.1 Å². The van der Waals surface area contributed by atoms with Crippen LogP contribution in [0.4, 0.5) is 0 Å². The van der Waals surface area contributed by atoms with Gasteiger partial charge in [0.15, 0.2) is 0 Å². The maximum absolute atomic E-state index is 11.9. The normalized spacial score (nSPS) is 21.4. The van der Waals surface area contributed by atoms with E-state index in [0.29, 0.717) is 26.2 Å². The summed E-state index contributed by atoms with van der Waals surface area (Å²) < 4.78 is 0. The third-order valence-corrected chi connectivity index (χ3v) is 4.72. The smallest absolute Gasteiger partial charge is 0.323 e. The minimum absolute atomic E-state index is 0.417. The van der Waals surface area contributed by atoms with Crippen LogP contribution in [0.2, 0.25) is 0 Å². The summed E-state index contributed by atoms with van der Waals surface area (Å²) in [6.45, 7) is 1.84. The van der Waals surface area contributed by atoms with E-state index in [1.807, 2.05) is 60.7 Å². The molecule has 0 bridgehead atoms. The molecule has 2 N–H and O–H groups in total. The largest absolute Gasteiger partial charge is 0.480 e. The van der Waals surface area contributed by atoms with E-state index >= 15 is 0 Å². The molecule has 0 aliphatic carbocycles. The highest BCUT2D eigenvalue weighted by Gasteiger charge is 2.45. The minimum Gasteiger partial charge on any atom is -0.480 e. The Labute approximate surface area is 152 Å². The molecular weight excluding hydrogens is 332 g/mol. The second-order valence-corrected chi connectivity index (χ2v) is 6.48. The summed E-state index contributed by atoms with van der Waals surface area (Å²) in [5, 5.41) is 19.5. The highest BCUT2D eigenvalue weighted by molar-refractivity contribution is 5.85. The van der Waals surface area contributed by atoms with Gasteiger partial charge in [0.05, 0.1) is 0 Å². The number of nitrogens with zero attached hydrogens (tertiary/aromatic N) is 2. The van der Waals surface area contributed by atoms with Crippen molar-refractivity contribution in [2.75, 3.05) is 13.1 Å². The van der Waals surface area contributed by atoms with Crippen molar-refractivity contribution in [3.8, 4) is 0 Å².